The van der Waals surface area contributed by atoms with E-state index in [-0.39, 0.29) is 47.2 Å². The Kier molecular flexibility index (Phi) is 21.4. The number of piperidine rings is 3. The highest BCUT2D eigenvalue weighted by molar-refractivity contribution is 6.03. The zero-order chi connectivity index (χ0) is 67.0. The maximum atomic E-state index is 12.2. The number of nitrogen functional groups attached to an aromatic ring is 1. The molecule has 0 saturated carbocycles. The van der Waals surface area contributed by atoms with Crippen molar-refractivity contribution in [3.63, 3.8) is 0 Å². The SMILES string of the molecule is C=CC(=O)N1CCC(n2cc(C(N)=O)c(-c3ccc(Oc4ccccc4)cc3)n2)CC1.C=CC(=O)N1CCC[C@@H](n2nc(-c3ccc(Oc4ccccc4)cc3)c(C(N)=O)c2N)C1.CC#CC(=O)N1CCC(n2cc(C(N)=O)c(-c3ccc(Oc4ccccc4)cc3)n2)CC1. The minimum Gasteiger partial charge on any atom is -0.457 e. The number of rotatable bonds is 17. The van der Waals surface area contributed by atoms with Gasteiger partial charge in [0.05, 0.1) is 29.3 Å². The molecular weight excluding hydrogens is 1200 g/mol. The lowest BCUT2D eigenvalue weighted by molar-refractivity contribution is -0.128. The number of carbonyl (C=O) groups is 6. The Balaban J connectivity index is 0.000000155. The Labute approximate surface area is 549 Å². The highest BCUT2D eigenvalue weighted by Crippen LogP contribution is 2.36. The fourth-order valence-electron chi connectivity index (χ4n) is 11.5. The quantitative estimate of drug-likeness (QED) is 0.0488. The molecule has 0 aliphatic carbocycles. The van der Waals surface area contributed by atoms with Crippen LogP contribution in [-0.4, -0.2) is 119 Å². The predicted octanol–water partition coefficient (Wildman–Crippen LogP) is 10.8. The topological polar surface area (TPSA) is 297 Å². The molecule has 484 valence electrons. The van der Waals surface area contributed by atoms with Gasteiger partial charge in [-0.1, -0.05) is 73.7 Å². The number of likely N-dealkylation sites (tertiary alicyclic amines) is 3. The van der Waals surface area contributed by atoms with Gasteiger partial charge in [-0.05, 0) is 173 Å². The first-order valence-corrected chi connectivity index (χ1v) is 31.1. The Bertz CT molecular complexity index is 4260. The van der Waals surface area contributed by atoms with E-state index >= 15 is 0 Å². The highest BCUT2D eigenvalue weighted by atomic mass is 16.5. The molecule has 6 amide bonds. The molecule has 95 heavy (non-hydrogen) atoms. The van der Waals surface area contributed by atoms with Gasteiger partial charge in [0, 0.05) is 68.4 Å². The van der Waals surface area contributed by atoms with E-state index in [0.29, 0.717) is 90.3 Å². The average molecular weight is 1280 g/mol. The third kappa shape index (κ3) is 16.4. The summed E-state index contributed by atoms with van der Waals surface area (Å²) in [4.78, 5) is 77.4. The molecular formula is C73H73N13O9. The van der Waals surface area contributed by atoms with E-state index in [9.17, 15) is 28.8 Å². The van der Waals surface area contributed by atoms with Gasteiger partial charge in [0.15, 0.2) is 0 Å². The molecule has 3 fully saturated rings. The smallest absolute Gasteiger partial charge is 0.298 e. The summed E-state index contributed by atoms with van der Waals surface area (Å²) in [5, 5.41) is 14.0. The first kappa shape index (κ1) is 65.9. The molecule has 0 spiro atoms. The van der Waals surface area contributed by atoms with E-state index in [4.69, 9.17) is 37.1 Å². The molecule has 22 nitrogen and oxygen atoms in total. The van der Waals surface area contributed by atoms with Crippen molar-refractivity contribution in [2.45, 2.75) is 63.6 Å². The number of nitrogens with two attached hydrogens (primary N) is 4. The van der Waals surface area contributed by atoms with Crippen LogP contribution in [0.4, 0.5) is 5.82 Å². The summed E-state index contributed by atoms with van der Waals surface area (Å²) in [6, 6.07) is 50.5. The molecule has 22 heteroatoms. The van der Waals surface area contributed by atoms with Gasteiger partial charge in [-0.3, -0.25) is 38.1 Å². The van der Waals surface area contributed by atoms with Gasteiger partial charge in [0.1, 0.15) is 63.0 Å². The van der Waals surface area contributed by atoms with Crippen LogP contribution in [0.15, 0.2) is 201 Å². The van der Waals surface area contributed by atoms with Crippen molar-refractivity contribution in [3.8, 4) is 80.1 Å². The number of aromatic nitrogens is 6. The number of amides is 6. The Morgan fingerprint density at radius 3 is 1.22 bits per heavy atom. The van der Waals surface area contributed by atoms with Gasteiger partial charge >= 0.3 is 0 Å². The van der Waals surface area contributed by atoms with Crippen LogP contribution in [0.1, 0.15) is 94.6 Å². The third-order valence-corrected chi connectivity index (χ3v) is 16.4. The van der Waals surface area contributed by atoms with Crippen molar-refractivity contribution in [3.05, 3.63) is 218 Å². The number of nitrogens with zero attached hydrogens (tertiary/aromatic N) is 9. The van der Waals surface area contributed by atoms with Crippen LogP contribution in [0.5, 0.6) is 34.5 Å². The molecule has 6 heterocycles. The van der Waals surface area contributed by atoms with Gasteiger partial charge in [-0.15, -0.1) is 0 Å². The van der Waals surface area contributed by atoms with Crippen molar-refractivity contribution in [2.24, 2.45) is 17.2 Å². The molecule has 3 saturated heterocycles. The van der Waals surface area contributed by atoms with Crippen LogP contribution in [0.2, 0.25) is 0 Å². The van der Waals surface area contributed by atoms with Crippen LogP contribution in [0.25, 0.3) is 33.8 Å². The summed E-state index contributed by atoms with van der Waals surface area (Å²) in [7, 11) is 0. The van der Waals surface area contributed by atoms with E-state index < -0.39 is 17.7 Å². The normalized spacial score (nSPS) is 14.7. The van der Waals surface area contributed by atoms with E-state index in [1.807, 2.05) is 152 Å². The van der Waals surface area contributed by atoms with E-state index in [1.165, 1.54) is 12.2 Å². The number of hydrogen-bond donors (Lipinski definition) is 4. The summed E-state index contributed by atoms with van der Waals surface area (Å²) in [6.45, 7) is 12.3. The lowest BCUT2D eigenvalue weighted by Gasteiger charge is -2.32. The third-order valence-electron chi connectivity index (χ3n) is 16.4. The molecule has 8 N–H and O–H groups in total. The number of primary amides is 3. The van der Waals surface area contributed by atoms with E-state index in [0.717, 1.165) is 66.9 Å². The minimum atomic E-state index is -0.650. The molecule has 6 aromatic carbocycles. The number of para-hydroxylation sites is 3. The fourth-order valence-corrected chi connectivity index (χ4v) is 11.5. The second-order valence-electron chi connectivity index (χ2n) is 22.7. The van der Waals surface area contributed by atoms with Gasteiger partial charge in [-0.25, -0.2) is 4.68 Å². The molecule has 9 aromatic rings. The fraction of sp³-hybridized carbons (Fsp3) is 0.219. The lowest BCUT2D eigenvalue weighted by Crippen LogP contribution is -2.40. The summed E-state index contributed by atoms with van der Waals surface area (Å²) in [6.07, 6.45) is 10.6. The zero-order valence-electron chi connectivity index (χ0n) is 52.5. The number of carbonyl (C=O) groups excluding carboxylic acids is 6. The molecule has 3 aliphatic heterocycles. The Hall–Kier alpha value is -12.0. The molecule has 3 aliphatic rings. The molecule has 12 rings (SSSR count). The van der Waals surface area contributed by atoms with Crippen molar-refractivity contribution in [1.29, 1.82) is 0 Å². The monoisotopic (exact) mass is 1280 g/mol. The van der Waals surface area contributed by atoms with Crippen LogP contribution < -0.4 is 37.1 Å². The minimum absolute atomic E-state index is 0.0600. The number of ether oxygens (including phenoxy) is 3. The average Bonchev–Trinajstić information content (AvgIpc) is 1.66. The number of hydrogen-bond acceptors (Lipinski definition) is 13. The van der Waals surface area contributed by atoms with Crippen LogP contribution in [-0.2, 0) is 14.4 Å². The Morgan fingerprint density at radius 1 is 0.463 bits per heavy atom. The van der Waals surface area contributed by atoms with Crippen LogP contribution in [0, 0.1) is 11.8 Å². The second kappa shape index (κ2) is 30.9. The van der Waals surface area contributed by atoms with Gasteiger partial charge in [0.25, 0.3) is 23.6 Å². The van der Waals surface area contributed by atoms with E-state index in [1.54, 1.807) is 60.2 Å². The zero-order valence-corrected chi connectivity index (χ0v) is 52.5. The molecule has 1 atom stereocenters. The summed E-state index contributed by atoms with van der Waals surface area (Å²) in [5.74, 6) is 7.64. The predicted molar refractivity (Wildman–Crippen MR) is 361 cm³/mol. The van der Waals surface area contributed by atoms with Crippen molar-refractivity contribution in [2.75, 3.05) is 45.0 Å². The Morgan fingerprint density at radius 2 is 0.842 bits per heavy atom. The molecule has 0 radical (unpaired) electrons. The van der Waals surface area contributed by atoms with Crippen molar-refractivity contribution < 1.29 is 43.0 Å². The van der Waals surface area contributed by atoms with Crippen molar-refractivity contribution >= 4 is 41.3 Å². The summed E-state index contributed by atoms with van der Waals surface area (Å²) in [5.41, 5.74) is 27.9. The van der Waals surface area contributed by atoms with Gasteiger partial charge in [-0.2, -0.15) is 15.3 Å². The van der Waals surface area contributed by atoms with E-state index in [2.05, 4.69) is 40.3 Å². The summed E-state index contributed by atoms with van der Waals surface area (Å²) >= 11 is 0. The number of benzene rings is 6. The van der Waals surface area contributed by atoms with Crippen LogP contribution >= 0.6 is 0 Å². The largest absolute Gasteiger partial charge is 0.457 e. The van der Waals surface area contributed by atoms with Gasteiger partial charge < -0.3 is 51.8 Å². The summed E-state index contributed by atoms with van der Waals surface area (Å²) < 4.78 is 22.7. The molecule has 0 bridgehead atoms. The van der Waals surface area contributed by atoms with Crippen molar-refractivity contribution in [1.82, 2.24) is 44.0 Å². The van der Waals surface area contributed by atoms with Gasteiger partial charge in [0.2, 0.25) is 11.8 Å². The molecule has 3 aromatic heterocycles. The van der Waals surface area contributed by atoms with Crippen LogP contribution in [0.3, 0.4) is 0 Å². The molecule has 0 unspecified atom stereocenters. The maximum Gasteiger partial charge on any atom is 0.298 e. The number of anilines is 1. The maximum absolute atomic E-state index is 12.2. The standard InChI is InChI=1S/C25H24N4O3.C24H25N5O3.C24H24N4O3/c1-2-6-23(30)28-15-13-19(14-16-28)29-17-22(25(26)31)24(27-29)18-9-11-21(12-10-18)32-20-7-4-3-5-8-20;1-2-20(30)28-14-6-7-17(15-28)29-23(25)21(24(26)31)22(27-29)16-10-12-19(13-11-16)32-18-8-4-3-5-9-18;1-2-22(29)27-14-12-18(13-15-27)28-16-21(24(25)30)23(26-28)17-8-10-20(11-9-17)31-19-6-4-3-5-7-19/h3-5,7-12,17,19H,13-16H2,1H3,(H2,26,31);2-5,8-13,17H,1,6-7,14-15,25H2,(H2,26,31);2-11,16,18H,1,12-15H2,(H2,25,30)/t;17-;/m.1./s1. The second-order valence-corrected chi connectivity index (χ2v) is 22.7. The first-order chi connectivity index (χ1) is 46.1. The highest BCUT2D eigenvalue weighted by Gasteiger charge is 2.31. The lowest BCUT2D eigenvalue weighted by atomic mass is 10.1. The first-order valence-electron chi connectivity index (χ1n) is 31.1.